The van der Waals surface area contributed by atoms with E-state index in [0.717, 1.165) is 28.3 Å². The number of hydrogen-bond donors (Lipinski definition) is 4. The highest BCUT2D eigenvalue weighted by Gasteiger charge is 2.23. The van der Waals surface area contributed by atoms with Crippen molar-refractivity contribution in [3.63, 3.8) is 0 Å². The van der Waals surface area contributed by atoms with Gasteiger partial charge in [-0.05, 0) is 72.1 Å². The van der Waals surface area contributed by atoms with Crippen LogP contribution in [0.15, 0.2) is 116 Å². The molecule has 0 radical (unpaired) electrons. The van der Waals surface area contributed by atoms with Crippen LogP contribution in [0, 0.1) is 0 Å². The van der Waals surface area contributed by atoms with E-state index >= 15 is 0 Å². The van der Waals surface area contributed by atoms with Gasteiger partial charge < -0.3 is 24.7 Å². The molecular weight excluding hydrogens is 657 g/mol. The summed E-state index contributed by atoms with van der Waals surface area (Å²) in [7, 11) is -3.71. The number of aromatic nitrogens is 2. The molecule has 11 nitrogen and oxygen atoms in total. The van der Waals surface area contributed by atoms with Crippen LogP contribution in [0.2, 0.25) is 0 Å². The van der Waals surface area contributed by atoms with Gasteiger partial charge in [0.05, 0.1) is 18.4 Å². The molecule has 0 saturated heterocycles. The van der Waals surface area contributed by atoms with E-state index in [0.29, 0.717) is 41.1 Å². The summed E-state index contributed by atoms with van der Waals surface area (Å²) in [6.45, 7) is 0.800. The fourth-order valence-electron chi connectivity index (χ4n) is 5.83. The molecule has 0 fully saturated rings. The molecule has 6 rings (SSSR count). The summed E-state index contributed by atoms with van der Waals surface area (Å²) in [5.74, 6) is 1.05. The maximum atomic E-state index is 12.3. The average Bonchev–Trinajstić information content (AvgIpc) is 3.60. The monoisotopic (exact) mass is 694 g/mol. The van der Waals surface area contributed by atoms with Crippen molar-refractivity contribution in [1.29, 1.82) is 0 Å². The number of aliphatic hydroxyl groups excluding tert-OH is 2. The first-order chi connectivity index (χ1) is 24.1. The van der Waals surface area contributed by atoms with Gasteiger partial charge in [0, 0.05) is 53.4 Å². The molecule has 2 atom stereocenters. The maximum Gasteiger partial charge on any atom is 0.264 e. The van der Waals surface area contributed by atoms with E-state index in [-0.39, 0.29) is 31.4 Å². The first kappa shape index (κ1) is 34.6. The van der Waals surface area contributed by atoms with Crippen LogP contribution in [0.3, 0.4) is 0 Å². The Morgan fingerprint density at radius 1 is 0.920 bits per heavy atom. The van der Waals surface area contributed by atoms with Crippen LogP contribution in [0.1, 0.15) is 21.5 Å². The van der Waals surface area contributed by atoms with Crippen LogP contribution >= 0.6 is 0 Å². The minimum Gasteiger partial charge on any atom is -0.490 e. The van der Waals surface area contributed by atoms with Crippen LogP contribution in [0.5, 0.6) is 17.2 Å². The number of sulfonamides is 1. The number of pyridine rings is 1. The Labute approximate surface area is 290 Å². The summed E-state index contributed by atoms with van der Waals surface area (Å²) in [6, 6.07) is 31.3. The van der Waals surface area contributed by atoms with Crippen molar-refractivity contribution in [3.05, 3.63) is 132 Å². The Kier molecular flexibility index (Phi) is 10.7. The topological polar surface area (TPSA) is 154 Å². The molecule has 4 N–H and O–H groups in total. The van der Waals surface area contributed by atoms with Crippen molar-refractivity contribution < 1.29 is 32.9 Å². The van der Waals surface area contributed by atoms with Crippen LogP contribution < -0.4 is 14.2 Å². The number of ether oxygens (including phenoxy) is 2. The Balaban J connectivity index is 1.13. The number of aromatic amines is 1. The van der Waals surface area contributed by atoms with Crippen LogP contribution in [-0.2, 0) is 23.0 Å². The van der Waals surface area contributed by atoms with Crippen molar-refractivity contribution in [2.75, 3.05) is 26.0 Å². The van der Waals surface area contributed by atoms with Crippen molar-refractivity contribution in [2.24, 2.45) is 0 Å². The second-order valence-electron chi connectivity index (χ2n) is 12.1. The van der Waals surface area contributed by atoms with E-state index in [1.807, 2.05) is 89.8 Å². The minimum atomic E-state index is -3.71. The van der Waals surface area contributed by atoms with E-state index in [4.69, 9.17) is 9.47 Å². The summed E-state index contributed by atoms with van der Waals surface area (Å²) in [6.07, 6.45) is 4.04. The molecule has 0 bridgehead atoms. The lowest BCUT2D eigenvalue weighted by atomic mass is 10.0. The lowest BCUT2D eigenvalue weighted by molar-refractivity contribution is 0.0338. The summed E-state index contributed by atoms with van der Waals surface area (Å²) >= 11 is 0. The second kappa shape index (κ2) is 15.5. The molecule has 0 aliphatic carbocycles. The number of nitrogens with zero attached hydrogens (tertiary/aromatic N) is 2. The molecule has 0 unspecified atom stereocenters. The van der Waals surface area contributed by atoms with Crippen LogP contribution in [0.4, 0.5) is 0 Å². The quantitative estimate of drug-likeness (QED) is 0.116. The summed E-state index contributed by atoms with van der Waals surface area (Å²) in [5, 5.41) is 23.3. The van der Waals surface area contributed by atoms with Gasteiger partial charge in [-0.3, -0.25) is 14.7 Å². The maximum absolute atomic E-state index is 12.3. The third-order valence-corrected chi connectivity index (χ3v) is 8.81. The van der Waals surface area contributed by atoms with Crippen molar-refractivity contribution in [2.45, 2.75) is 25.1 Å². The number of fused-ring (bicyclic) bond motifs is 2. The molecule has 258 valence electrons. The largest absolute Gasteiger partial charge is 0.490 e. The molecular formula is C38H38N4O7S. The van der Waals surface area contributed by atoms with E-state index in [9.17, 15) is 23.4 Å². The van der Waals surface area contributed by atoms with Gasteiger partial charge in [-0.15, -0.1) is 0 Å². The fraction of sp³-hybridized carbons (Fsp3) is 0.211. The number of aliphatic hydroxyl groups is 2. The molecule has 6 aromatic rings. The number of H-pyrrole nitrogens is 1. The molecule has 50 heavy (non-hydrogen) atoms. The van der Waals surface area contributed by atoms with Crippen molar-refractivity contribution in [3.8, 4) is 17.2 Å². The molecule has 4 aromatic carbocycles. The fourth-order valence-corrected chi connectivity index (χ4v) is 6.29. The summed E-state index contributed by atoms with van der Waals surface area (Å²) in [5.41, 5.74) is 3.62. The number of amides is 1. The van der Waals surface area contributed by atoms with Gasteiger partial charge in [0.1, 0.15) is 30.0 Å². The third-order valence-electron chi connectivity index (χ3n) is 8.25. The zero-order valence-corrected chi connectivity index (χ0v) is 28.2. The SMILES string of the molecule is CS(=O)(=O)NC(=O)c1ccc2c(Oc3ccc(C[C@@H](CO)N(Cc4ccccc4)C[C@H](O)COc4cccc5[nH]ccc45)cc3)ccnc2c1. The van der Waals surface area contributed by atoms with Gasteiger partial charge in [0.2, 0.25) is 10.0 Å². The number of nitrogens with one attached hydrogen (secondary N) is 2. The van der Waals surface area contributed by atoms with E-state index in [2.05, 4.69) is 14.9 Å². The highest BCUT2D eigenvalue weighted by atomic mass is 32.2. The standard InChI is InChI=1S/C38H38N4O7S/c1-50(46,47)41-38(45)28-12-15-32-35(21-28)40-19-17-37(32)49-31-13-10-26(11-14-31)20-29(24-43)42(22-27-6-3-2-4-7-27)23-30(44)25-48-36-9-5-8-34-33(36)16-18-39-34/h2-19,21,29-30,39,43-44H,20,22-25H2,1H3,(H,41,45)/t29-,30-/m0/s1. The smallest absolute Gasteiger partial charge is 0.264 e. The number of rotatable bonds is 15. The van der Waals surface area contributed by atoms with Crippen LogP contribution in [-0.4, -0.2) is 77.6 Å². The summed E-state index contributed by atoms with van der Waals surface area (Å²) in [4.78, 5) is 21.9. The average molecular weight is 695 g/mol. The van der Waals surface area contributed by atoms with E-state index in [1.165, 1.54) is 12.1 Å². The molecule has 2 heterocycles. The molecule has 0 saturated carbocycles. The van der Waals surface area contributed by atoms with Gasteiger partial charge in [0.15, 0.2) is 0 Å². The predicted octanol–water partition coefficient (Wildman–Crippen LogP) is 5.04. The second-order valence-corrected chi connectivity index (χ2v) is 13.9. The number of benzene rings is 4. The zero-order chi connectivity index (χ0) is 35.1. The van der Waals surface area contributed by atoms with Crippen molar-refractivity contribution in [1.82, 2.24) is 19.6 Å². The lowest BCUT2D eigenvalue weighted by Crippen LogP contribution is -2.44. The first-order valence-electron chi connectivity index (χ1n) is 16.1. The summed E-state index contributed by atoms with van der Waals surface area (Å²) < 4.78 is 37.1. The molecule has 2 aromatic heterocycles. The highest BCUT2D eigenvalue weighted by Crippen LogP contribution is 2.30. The Morgan fingerprint density at radius 3 is 2.48 bits per heavy atom. The Hall–Kier alpha value is -5.27. The van der Waals surface area contributed by atoms with E-state index in [1.54, 1.807) is 18.3 Å². The van der Waals surface area contributed by atoms with Gasteiger partial charge in [0.25, 0.3) is 5.91 Å². The third kappa shape index (κ3) is 8.84. The first-order valence-corrected chi connectivity index (χ1v) is 18.0. The number of carbonyl (C=O) groups is 1. The number of carbonyl (C=O) groups excluding carboxylic acids is 1. The van der Waals surface area contributed by atoms with Gasteiger partial charge in [-0.25, -0.2) is 13.1 Å². The predicted molar refractivity (Wildman–Crippen MR) is 192 cm³/mol. The minimum absolute atomic E-state index is 0.0958. The zero-order valence-electron chi connectivity index (χ0n) is 27.4. The van der Waals surface area contributed by atoms with Crippen molar-refractivity contribution >= 4 is 37.7 Å². The molecule has 1 amide bonds. The van der Waals surface area contributed by atoms with Gasteiger partial charge in [-0.2, -0.15) is 0 Å². The lowest BCUT2D eigenvalue weighted by Gasteiger charge is -2.32. The molecule has 12 heteroatoms. The van der Waals surface area contributed by atoms with E-state index < -0.39 is 22.0 Å². The highest BCUT2D eigenvalue weighted by molar-refractivity contribution is 7.89. The molecule has 0 aliphatic rings. The number of hydrogen-bond acceptors (Lipinski definition) is 9. The van der Waals surface area contributed by atoms with Gasteiger partial charge >= 0.3 is 0 Å². The Morgan fingerprint density at radius 2 is 1.72 bits per heavy atom. The molecule has 0 spiro atoms. The normalized spacial score (nSPS) is 13.0. The van der Waals surface area contributed by atoms with Crippen LogP contribution in [0.25, 0.3) is 21.8 Å². The molecule has 0 aliphatic heterocycles. The Bertz CT molecular complexity index is 2170. The van der Waals surface area contributed by atoms with Gasteiger partial charge in [-0.1, -0.05) is 48.5 Å².